The smallest absolute Gasteiger partial charge is 0.120 e. The minimum absolute atomic E-state index is 0.239. The van der Waals surface area contributed by atoms with E-state index in [4.69, 9.17) is 10.5 Å². The molecule has 0 aliphatic carbocycles. The Morgan fingerprint density at radius 1 is 1.47 bits per heavy atom. The summed E-state index contributed by atoms with van der Waals surface area (Å²) in [5.41, 5.74) is 6.26. The van der Waals surface area contributed by atoms with Crippen LogP contribution in [0.25, 0.3) is 0 Å². The van der Waals surface area contributed by atoms with Crippen LogP contribution in [0.4, 0.5) is 0 Å². The van der Waals surface area contributed by atoms with Gasteiger partial charge < -0.3 is 10.5 Å². The van der Waals surface area contributed by atoms with Gasteiger partial charge in [-0.2, -0.15) is 0 Å². The first-order valence-electron chi connectivity index (χ1n) is 5.22. The maximum atomic E-state index is 5.69. The lowest BCUT2D eigenvalue weighted by Gasteiger charge is -2.12. The van der Waals surface area contributed by atoms with E-state index in [1.807, 2.05) is 24.3 Å². The monoisotopic (exact) mass is 203 g/mol. The molecule has 2 nitrogen and oxygen atoms in total. The molecule has 0 aliphatic heterocycles. The van der Waals surface area contributed by atoms with Crippen LogP contribution in [0, 0.1) is 11.8 Å². The van der Waals surface area contributed by atoms with Gasteiger partial charge >= 0.3 is 0 Å². The Labute approximate surface area is 91.4 Å². The third kappa shape index (κ3) is 4.05. The van der Waals surface area contributed by atoms with Crippen molar-refractivity contribution in [1.29, 1.82) is 0 Å². The van der Waals surface area contributed by atoms with E-state index in [-0.39, 0.29) is 6.10 Å². The lowest BCUT2D eigenvalue weighted by atomic mass is 10.2. The van der Waals surface area contributed by atoms with Crippen molar-refractivity contribution in [1.82, 2.24) is 0 Å². The predicted molar refractivity (Wildman–Crippen MR) is 62.8 cm³/mol. The van der Waals surface area contributed by atoms with E-state index in [1.165, 1.54) is 0 Å². The first kappa shape index (κ1) is 11.6. The number of nitrogens with two attached hydrogens (primary N) is 1. The quantitative estimate of drug-likeness (QED) is 0.764. The van der Waals surface area contributed by atoms with Crippen LogP contribution in [0.1, 0.15) is 25.8 Å². The zero-order valence-corrected chi connectivity index (χ0v) is 9.29. The van der Waals surface area contributed by atoms with Crippen LogP contribution in [-0.4, -0.2) is 12.6 Å². The zero-order chi connectivity index (χ0) is 11.1. The first-order valence-corrected chi connectivity index (χ1v) is 5.22. The lowest BCUT2D eigenvalue weighted by Crippen LogP contribution is -2.09. The highest BCUT2D eigenvalue weighted by atomic mass is 16.5. The van der Waals surface area contributed by atoms with Crippen molar-refractivity contribution in [2.75, 3.05) is 6.54 Å². The van der Waals surface area contributed by atoms with Crippen molar-refractivity contribution >= 4 is 0 Å². The van der Waals surface area contributed by atoms with Gasteiger partial charge in [0.05, 0.1) is 12.6 Å². The van der Waals surface area contributed by atoms with Crippen molar-refractivity contribution in [2.45, 2.75) is 26.4 Å². The van der Waals surface area contributed by atoms with Crippen LogP contribution in [0.3, 0.4) is 0 Å². The van der Waals surface area contributed by atoms with E-state index in [2.05, 4.69) is 25.7 Å². The van der Waals surface area contributed by atoms with Crippen LogP contribution in [0.5, 0.6) is 5.75 Å². The van der Waals surface area contributed by atoms with Crippen LogP contribution >= 0.6 is 0 Å². The molecule has 0 saturated carbocycles. The molecule has 0 saturated heterocycles. The van der Waals surface area contributed by atoms with Crippen molar-refractivity contribution in [2.24, 2.45) is 5.73 Å². The molecule has 1 atom stereocenters. The van der Waals surface area contributed by atoms with Crippen LogP contribution in [-0.2, 0) is 0 Å². The van der Waals surface area contributed by atoms with Gasteiger partial charge in [0.1, 0.15) is 5.75 Å². The molecule has 1 unspecified atom stereocenters. The predicted octanol–water partition coefficient (Wildman–Crippen LogP) is 2.17. The van der Waals surface area contributed by atoms with E-state index in [0.29, 0.717) is 6.54 Å². The Hall–Kier alpha value is -1.46. The number of hydrogen-bond acceptors (Lipinski definition) is 2. The maximum absolute atomic E-state index is 5.69. The van der Waals surface area contributed by atoms with Crippen molar-refractivity contribution in [3.05, 3.63) is 29.8 Å². The topological polar surface area (TPSA) is 35.2 Å². The summed E-state index contributed by atoms with van der Waals surface area (Å²) in [5, 5.41) is 0. The second-order valence-electron chi connectivity index (χ2n) is 3.37. The molecule has 0 aliphatic rings. The molecule has 15 heavy (non-hydrogen) atoms. The molecule has 0 fully saturated rings. The molecular formula is C13H17NO. The summed E-state index contributed by atoms with van der Waals surface area (Å²) >= 11 is 0. The van der Waals surface area contributed by atoms with E-state index in [0.717, 1.165) is 17.7 Å². The summed E-state index contributed by atoms with van der Waals surface area (Å²) in [4.78, 5) is 0. The van der Waals surface area contributed by atoms with Gasteiger partial charge in [0.25, 0.3) is 0 Å². The van der Waals surface area contributed by atoms with Crippen molar-refractivity contribution < 1.29 is 4.74 Å². The Morgan fingerprint density at radius 3 is 2.93 bits per heavy atom. The summed E-state index contributed by atoms with van der Waals surface area (Å²) in [6, 6.07) is 7.78. The zero-order valence-electron chi connectivity index (χ0n) is 9.29. The number of rotatable bonds is 3. The van der Waals surface area contributed by atoms with Crippen LogP contribution < -0.4 is 10.5 Å². The summed E-state index contributed by atoms with van der Waals surface area (Å²) in [6.45, 7) is 4.54. The first-order chi connectivity index (χ1) is 7.26. The molecule has 0 bridgehead atoms. The Balaban J connectivity index is 2.74. The van der Waals surface area contributed by atoms with Gasteiger partial charge in [0.2, 0.25) is 0 Å². The second-order valence-corrected chi connectivity index (χ2v) is 3.37. The molecule has 0 aromatic heterocycles. The summed E-state index contributed by atoms with van der Waals surface area (Å²) < 4.78 is 5.69. The van der Waals surface area contributed by atoms with Gasteiger partial charge in [-0.15, -0.1) is 0 Å². The Morgan fingerprint density at radius 2 is 2.27 bits per heavy atom. The van der Waals surface area contributed by atoms with E-state index in [9.17, 15) is 0 Å². The molecule has 1 rings (SSSR count). The molecule has 0 heterocycles. The van der Waals surface area contributed by atoms with Crippen LogP contribution in [0.15, 0.2) is 24.3 Å². The normalized spacial score (nSPS) is 11.4. The highest BCUT2D eigenvalue weighted by Crippen LogP contribution is 2.15. The highest BCUT2D eigenvalue weighted by Gasteiger charge is 2.00. The second kappa shape index (κ2) is 6.10. The molecule has 0 amide bonds. The molecule has 1 aromatic carbocycles. The van der Waals surface area contributed by atoms with Gasteiger partial charge in [0, 0.05) is 5.56 Å². The Kier molecular flexibility index (Phi) is 4.73. The number of hydrogen-bond donors (Lipinski definition) is 1. The molecule has 0 spiro atoms. The molecule has 2 heteroatoms. The van der Waals surface area contributed by atoms with Gasteiger partial charge in [-0.1, -0.05) is 24.8 Å². The van der Waals surface area contributed by atoms with E-state index < -0.39 is 0 Å². The number of ether oxygens (including phenoxy) is 1. The van der Waals surface area contributed by atoms with Gasteiger partial charge in [-0.25, -0.2) is 0 Å². The maximum Gasteiger partial charge on any atom is 0.120 e. The molecule has 1 aromatic rings. The molecule has 80 valence electrons. The average molecular weight is 203 g/mol. The van der Waals surface area contributed by atoms with Gasteiger partial charge in [0.15, 0.2) is 0 Å². The van der Waals surface area contributed by atoms with Crippen LogP contribution in [0.2, 0.25) is 0 Å². The van der Waals surface area contributed by atoms with E-state index >= 15 is 0 Å². The fraction of sp³-hybridized carbons (Fsp3) is 0.385. The highest BCUT2D eigenvalue weighted by molar-refractivity contribution is 5.39. The van der Waals surface area contributed by atoms with E-state index in [1.54, 1.807) is 0 Å². The minimum atomic E-state index is 0.239. The summed E-state index contributed by atoms with van der Waals surface area (Å²) in [6.07, 6.45) is 1.24. The summed E-state index contributed by atoms with van der Waals surface area (Å²) in [5.74, 6) is 6.67. The molecule has 2 N–H and O–H groups in total. The Bertz CT molecular complexity index is 362. The number of benzene rings is 1. The average Bonchev–Trinajstić information content (AvgIpc) is 2.26. The lowest BCUT2D eigenvalue weighted by molar-refractivity contribution is 0.217. The fourth-order valence-corrected chi connectivity index (χ4v) is 1.12. The third-order valence-electron chi connectivity index (χ3n) is 2.08. The summed E-state index contributed by atoms with van der Waals surface area (Å²) in [7, 11) is 0. The largest absolute Gasteiger partial charge is 0.491 e. The van der Waals surface area contributed by atoms with Crippen molar-refractivity contribution in [3.8, 4) is 17.6 Å². The molecule has 0 radical (unpaired) electrons. The van der Waals surface area contributed by atoms with Gasteiger partial charge in [-0.3, -0.25) is 0 Å². The standard InChI is InChI=1S/C13H17NO/c1-3-11(2)15-13-8-4-6-12(10-13)7-5-9-14/h4,6,8,10-11H,3,9,14H2,1-2H3. The fourth-order valence-electron chi connectivity index (χ4n) is 1.12. The SMILES string of the molecule is CCC(C)Oc1cccc(C#CCN)c1. The van der Waals surface area contributed by atoms with Gasteiger partial charge in [-0.05, 0) is 31.5 Å². The minimum Gasteiger partial charge on any atom is -0.491 e. The van der Waals surface area contributed by atoms with Crippen molar-refractivity contribution in [3.63, 3.8) is 0 Å². The third-order valence-corrected chi connectivity index (χ3v) is 2.08. The molecular weight excluding hydrogens is 186 g/mol.